The molecule has 0 unspecified atom stereocenters. The molecule has 0 atom stereocenters. The maximum atomic E-state index is 10.8. The van der Waals surface area contributed by atoms with Gasteiger partial charge in [-0.2, -0.15) is 0 Å². The third kappa shape index (κ3) is 2.42. The Morgan fingerprint density at radius 3 is 2.81 bits per heavy atom. The summed E-state index contributed by atoms with van der Waals surface area (Å²) < 4.78 is 0. The van der Waals surface area contributed by atoms with E-state index in [1.807, 2.05) is 6.07 Å². The minimum absolute atomic E-state index is 0.263. The predicted octanol–water partition coefficient (Wildman–Crippen LogP) is 2.42. The summed E-state index contributed by atoms with van der Waals surface area (Å²) in [6, 6.07) is 7.11. The molecule has 1 aliphatic carbocycles. The molecule has 1 aromatic rings. The highest BCUT2D eigenvalue weighted by atomic mass is 16.4. The number of carboxylic acid groups (broad SMARTS) is 1. The van der Waals surface area contributed by atoms with Gasteiger partial charge in [0.2, 0.25) is 0 Å². The lowest BCUT2D eigenvalue weighted by atomic mass is 9.78. The number of carboxylic acids is 1. The molecule has 1 aromatic carbocycles. The number of carbonyl (C=O) groups is 1. The van der Waals surface area contributed by atoms with Crippen molar-refractivity contribution in [1.82, 2.24) is 5.32 Å². The van der Waals surface area contributed by atoms with Gasteiger partial charge in [0.15, 0.2) is 0 Å². The van der Waals surface area contributed by atoms with E-state index in [0.29, 0.717) is 5.56 Å². The van der Waals surface area contributed by atoms with Gasteiger partial charge in [-0.1, -0.05) is 12.1 Å². The molecule has 86 valence electrons. The summed E-state index contributed by atoms with van der Waals surface area (Å²) in [5.41, 5.74) is 1.66. The Morgan fingerprint density at radius 2 is 2.25 bits per heavy atom. The average Bonchev–Trinajstić information content (AvgIpc) is 2.24. The molecule has 0 spiro atoms. The van der Waals surface area contributed by atoms with E-state index in [1.165, 1.54) is 19.3 Å². The van der Waals surface area contributed by atoms with Crippen LogP contribution in [0.4, 0.5) is 0 Å². The highest BCUT2D eigenvalue weighted by molar-refractivity contribution is 5.87. The van der Waals surface area contributed by atoms with Crippen LogP contribution in [0.25, 0.3) is 0 Å². The summed E-state index contributed by atoms with van der Waals surface area (Å²) in [4.78, 5) is 10.8. The molecule has 0 amide bonds. The van der Waals surface area contributed by atoms with Crippen molar-refractivity contribution >= 4 is 5.97 Å². The van der Waals surface area contributed by atoms with E-state index in [2.05, 4.69) is 12.2 Å². The second-order valence-corrected chi connectivity index (χ2v) is 4.77. The normalized spacial score (nSPS) is 17.8. The van der Waals surface area contributed by atoms with E-state index in [-0.39, 0.29) is 5.54 Å². The molecule has 3 heteroatoms. The summed E-state index contributed by atoms with van der Waals surface area (Å²) in [6.07, 6.45) is 3.72. The lowest BCUT2D eigenvalue weighted by Gasteiger charge is -2.39. The molecule has 1 fully saturated rings. The number of hydrogen-bond acceptors (Lipinski definition) is 2. The fourth-order valence-electron chi connectivity index (χ4n) is 2.01. The van der Waals surface area contributed by atoms with Gasteiger partial charge in [-0.05, 0) is 43.9 Å². The Hall–Kier alpha value is -1.35. The Bertz CT molecular complexity index is 397. The minimum Gasteiger partial charge on any atom is -0.478 e. The van der Waals surface area contributed by atoms with Crippen molar-refractivity contribution < 1.29 is 9.90 Å². The van der Waals surface area contributed by atoms with Crippen molar-refractivity contribution in [2.75, 3.05) is 0 Å². The van der Waals surface area contributed by atoms with Crippen LogP contribution in [0.3, 0.4) is 0 Å². The minimum atomic E-state index is -0.864. The molecule has 16 heavy (non-hydrogen) atoms. The van der Waals surface area contributed by atoms with Crippen LogP contribution in [-0.4, -0.2) is 16.6 Å². The number of aromatic carboxylic acids is 1. The van der Waals surface area contributed by atoms with Crippen molar-refractivity contribution in [2.24, 2.45) is 0 Å². The van der Waals surface area contributed by atoms with Crippen LogP contribution in [0.5, 0.6) is 0 Å². The summed E-state index contributed by atoms with van der Waals surface area (Å²) in [7, 11) is 0. The smallest absolute Gasteiger partial charge is 0.335 e. The van der Waals surface area contributed by atoms with Gasteiger partial charge in [0.25, 0.3) is 0 Å². The largest absolute Gasteiger partial charge is 0.478 e. The quantitative estimate of drug-likeness (QED) is 0.817. The number of rotatable bonds is 4. The molecular weight excluding hydrogens is 202 g/mol. The van der Waals surface area contributed by atoms with Gasteiger partial charge in [0.1, 0.15) is 0 Å². The predicted molar refractivity (Wildman–Crippen MR) is 62.5 cm³/mol. The van der Waals surface area contributed by atoms with Gasteiger partial charge in [-0.3, -0.25) is 0 Å². The third-order valence-electron chi connectivity index (χ3n) is 3.35. The van der Waals surface area contributed by atoms with Crippen LogP contribution in [0.2, 0.25) is 0 Å². The van der Waals surface area contributed by atoms with Gasteiger partial charge >= 0.3 is 5.97 Å². The monoisotopic (exact) mass is 219 g/mol. The van der Waals surface area contributed by atoms with E-state index >= 15 is 0 Å². The zero-order chi connectivity index (χ0) is 11.6. The van der Waals surface area contributed by atoms with Crippen molar-refractivity contribution in [3.05, 3.63) is 35.4 Å². The lowest BCUT2D eigenvalue weighted by Crippen LogP contribution is -2.47. The topological polar surface area (TPSA) is 49.3 Å². The van der Waals surface area contributed by atoms with Gasteiger partial charge in [-0.25, -0.2) is 4.79 Å². The zero-order valence-electron chi connectivity index (χ0n) is 9.49. The van der Waals surface area contributed by atoms with Gasteiger partial charge in [-0.15, -0.1) is 0 Å². The lowest BCUT2D eigenvalue weighted by molar-refractivity contribution is 0.0696. The summed E-state index contributed by atoms with van der Waals surface area (Å²) >= 11 is 0. The standard InChI is InChI=1S/C13H17NO2/c1-13(6-3-7-13)14-9-10-4-2-5-11(8-10)12(15)16/h2,4-5,8,14H,3,6-7,9H2,1H3,(H,15,16). The first kappa shape index (κ1) is 11.1. The number of nitrogens with one attached hydrogen (secondary N) is 1. The Balaban J connectivity index is 1.98. The highest BCUT2D eigenvalue weighted by Crippen LogP contribution is 2.31. The molecule has 0 heterocycles. The average molecular weight is 219 g/mol. The molecule has 0 aliphatic heterocycles. The van der Waals surface area contributed by atoms with Crippen molar-refractivity contribution in [3.63, 3.8) is 0 Å². The van der Waals surface area contributed by atoms with Crippen LogP contribution >= 0.6 is 0 Å². The second kappa shape index (κ2) is 4.26. The molecule has 3 nitrogen and oxygen atoms in total. The van der Waals surface area contributed by atoms with Crippen molar-refractivity contribution in [1.29, 1.82) is 0 Å². The number of hydrogen-bond donors (Lipinski definition) is 2. The van der Waals surface area contributed by atoms with Gasteiger partial charge in [0, 0.05) is 12.1 Å². The van der Waals surface area contributed by atoms with E-state index in [4.69, 9.17) is 5.11 Å². The zero-order valence-corrected chi connectivity index (χ0v) is 9.49. The van der Waals surface area contributed by atoms with Crippen molar-refractivity contribution in [2.45, 2.75) is 38.3 Å². The maximum Gasteiger partial charge on any atom is 0.335 e. The Kier molecular flexibility index (Phi) is 2.97. The first-order valence-electron chi connectivity index (χ1n) is 5.66. The molecular formula is C13H17NO2. The fraction of sp³-hybridized carbons (Fsp3) is 0.462. The first-order chi connectivity index (χ1) is 7.59. The van der Waals surface area contributed by atoms with E-state index in [0.717, 1.165) is 12.1 Å². The first-order valence-corrected chi connectivity index (χ1v) is 5.66. The SMILES string of the molecule is CC1(NCc2cccc(C(=O)O)c2)CCC1. The summed E-state index contributed by atoms with van der Waals surface area (Å²) in [5, 5.41) is 12.4. The van der Waals surface area contributed by atoms with Crippen LogP contribution in [-0.2, 0) is 6.54 Å². The molecule has 0 aromatic heterocycles. The molecule has 0 saturated heterocycles. The van der Waals surface area contributed by atoms with Crippen molar-refractivity contribution in [3.8, 4) is 0 Å². The summed E-state index contributed by atoms with van der Waals surface area (Å²) in [6.45, 7) is 2.97. The Morgan fingerprint density at radius 1 is 1.50 bits per heavy atom. The summed E-state index contributed by atoms with van der Waals surface area (Å²) in [5.74, 6) is -0.864. The van der Waals surface area contributed by atoms with Crippen LogP contribution in [0.15, 0.2) is 24.3 Å². The van der Waals surface area contributed by atoms with Crippen LogP contribution in [0.1, 0.15) is 42.1 Å². The molecule has 2 rings (SSSR count). The fourth-order valence-corrected chi connectivity index (χ4v) is 2.01. The molecule has 0 radical (unpaired) electrons. The van der Waals surface area contributed by atoms with E-state index in [1.54, 1.807) is 18.2 Å². The second-order valence-electron chi connectivity index (χ2n) is 4.77. The maximum absolute atomic E-state index is 10.8. The van der Waals surface area contributed by atoms with Gasteiger partial charge < -0.3 is 10.4 Å². The molecule has 0 bridgehead atoms. The Labute approximate surface area is 95.5 Å². The third-order valence-corrected chi connectivity index (χ3v) is 3.35. The van der Waals surface area contributed by atoms with E-state index < -0.39 is 5.97 Å². The van der Waals surface area contributed by atoms with Crippen LogP contribution in [0, 0.1) is 0 Å². The molecule has 1 aliphatic rings. The number of benzene rings is 1. The molecule has 1 saturated carbocycles. The van der Waals surface area contributed by atoms with E-state index in [9.17, 15) is 4.79 Å². The molecule has 2 N–H and O–H groups in total. The highest BCUT2D eigenvalue weighted by Gasteiger charge is 2.30. The van der Waals surface area contributed by atoms with Gasteiger partial charge in [0.05, 0.1) is 5.56 Å². The van der Waals surface area contributed by atoms with Crippen LogP contribution < -0.4 is 5.32 Å².